The van der Waals surface area contributed by atoms with Crippen LogP contribution in [-0.2, 0) is 0 Å². The predicted molar refractivity (Wildman–Crippen MR) is 95.1 cm³/mol. The predicted octanol–water partition coefficient (Wildman–Crippen LogP) is 3.49. The van der Waals surface area contributed by atoms with Crippen molar-refractivity contribution in [1.82, 2.24) is 15.1 Å². The highest BCUT2D eigenvalue weighted by Crippen LogP contribution is 2.22. The first-order chi connectivity index (χ1) is 12.1. The van der Waals surface area contributed by atoms with E-state index in [1.807, 2.05) is 36.9 Å². The maximum atomic E-state index is 12.4. The van der Waals surface area contributed by atoms with Crippen molar-refractivity contribution in [3.63, 3.8) is 0 Å². The topological polar surface area (TPSA) is 84.2 Å². The minimum atomic E-state index is -0.364. The molecule has 1 aromatic carbocycles. The molecule has 25 heavy (non-hydrogen) atoms. The molecule has 3 rings (SSSR count). The van der Waals surface area contributed by atoms with Crippen molar-refractivity contribution in [3.05, 3.63) is 59.6 Å². The largest absolute Gasteiger partial charge is 0.360 e. The van der Waals surface area contributed by atoms with Gasteiger partial charge in [-0.2, -0.15) is 0 Å². The lowest BCUT2D eigenvalue weighted by atomic mass is 10.2. The minimum Gasteiger partial charge on any atom is -0.360 e. The number of hydrogen-bond donors (Lipinski definition) is 1. The first-order valence-corrected chi connectivity index (χ1v) is 7.98. The van der Waals surface area contributed by atoms with Gasteiger partial charge in [0.2, 0.25) is 5.95 Å². The lowest BCUT2D eigenvalue weighted by Gasteiger charge is -2.21. The summed E-state index contributed by atoms with van der Waals surface area (Å²) in [6.45, 7) is 6.47. The average molecular weight is 337 g/mol. The summed E-state index contributed by atoms with van der Waals surface area (Å²) < 4.78 is 4.94. The van der Waals surface area contributed by atoms with Crippen molar-refractivity contribution in [2.24, 2.45) is 0 Å². The Balaban J connectivity index is 1.85. The molecular formula is C18H19N5O2. The Morgan fingerprint density at radius 1 is 1.24 bits per heavy atom. The van der Waals surface area contributed by atoms with Crippen LogP contribution in [0.4, 0.5) is 17.5 Å². The van der Waals surface area contributed by atoms with Crippen LogP contribution >= 0.6 is 0 Å². The SMILES string of the molecule is CCN(c1cccc(C)c1)c1nccc(C(=O)Nc2cc(C)on2)n1. The third-order valence-electron chi connectivity index (χ3n) is 3.62. The van der Waals surface area contributed by atoms with Crippen LogP contribution in [0.25, 0.3) is 0 Å². The second kappa shape index (κ2) is 7.12. The summed E-state index contributed by atoms with van der Waals surface area (Å²) in [5.74, 6) is 1.08. The zero-order valence-corrected chi connectivity index (χ0v) is 14.4. The molecule has 7 heteroatoms. The van der Waals surface area contributed by atoms with E-state index < -0.39 is 0 Å². The average Bonchev–Trinajstić information content (AvgIpc) is 3.01. The standard InChI is InChI=1S/C18H19N5O2/c1-4-23(14-7-5-6-12(2)10-14)18-19-9-8-15(20-18)17(24)21-16-11-13(3)25-22-16/h5-11H,4H2,1-3H3,(H,21,22,24). The Morgan fingerprint density at radius 2 is 2.08 bits per heavy atom. The van der Waals surface area contributed by atoms with Gasteiger partial charge in [-0.15, -0.1) is 0 Å². The van der Waals surface area contributed by atoms with Gasteiger partial charge < -0.3 is 14.7 Å². The van der Waals surface area contributed by atoms with Crippen molar-refractivity contribution < 1.29 is 9.32 Å². The molecular weight excluding hydrogens is 318 g/mol. The molecule has 2 heterocycles. The van der Waals surface area contributed by atoms with E-state index in [9.17, 15) is 4.79 Å². The third-order valence-corrected chi connectivity index (χ3v) is 3.62. The van der Waals surface area contributed by atoms with E-state index in [1.54, 1.807) is 25.3 Å². The molecule has 0 unspecified atom stereocenters. The monoisotopic (exact) mass is 337 g/mol. The number of rotatable bonds is 5. The van der Waals surface area contributed by atoms with E-state index in [0.717, 1.165) is 11.3 Å². The van der Waals surface area contributed by atoms with Gasteiger partial charge in [0.1, 0.15) is 11.5 Å². The number of carbonyl (C=O) groups excluding carboxylic acids is 1. The highest BCUT2D eigenvalue weighted by atomic mass is 16.5. The van der Waals surface area contributed by atoms with Crippen LogP contribution in [0, 0.1) is 13.8 Å². The molecule has 1 amide bonds. The number of amides is 1. The van der Waals surface area contributed by atoms with Crippen LogP contribution in [0.3, 0.4) is 0 Å². The molecule has 0 atom stereocenters. The van der Waals surface area contributed by atoms with Gasteiger partial charge in [-0.3, -0.25) is 4.79 Å². The summed E-state index contributed by atoms with van der Waals surface area (Å²) in [6.07, 6.45) is 1.57. The molecule has 0 fully saturated rings. The van der Waals surface area contributed by atoms with Crippen LogP contribution in [-0.4, -0.2) is 27.6 Å². The number of anilines is 3. The zero-order valence-electron chi connectivity index (χ0n) is 14.4. The van der Waals surface area contributed by atoms with Gasteiger partial charge in [0.25, 0.3) is 5.91 Å². The van der Waals surface area contributed by atoms with Gasteiger partial charge in [-0.25, -0.2) is 9.97 Å². The second-order valence-corrected chi connectivity index (χ2v) is 5.60. The molecule has 3 aromatic rings. The van der Waals surface area contributed by atoms with Crippen molar-refractivity contribution in [2.45, 2.75) is 20.8 Å². The van der Waals surface area contributed by atoms with E-state index in [-0.39, 0.29) is 11.6 Å². The van der Waals surface area contributed by atoms with Gasteiger partial charge in [-0.1, -0.05) is 17.3 Å². The number of hydrogen-bond acceptors (Lipinski definition) is 6. The minimum absolute atomic E-state index is 0.261. The quantitative estimate of drug-likeness (QED) is 0.767. The highest BCUT2D eigenvalue weighted by Gasteiger charge is 2.15. The Kier molecular flexibility index (Phi) is 4.74. The van der Waals surface area contributed by atoms with Crippen LogP contribution in [0.1, 0.15) is 28.7 Å². The van der Waals surface area contributed by atoms with Crippen molar-refractivity contribution in [3.8, 4) is 0 Å². The number of nitrogens with zero attached hydrogens (tertiary/aromatic N) is 4. The third kappa shape index (κ3) is 3.82. The van der Waals surface area contributed by atoms with Crippen molar-refractivity contribution in [1.29, 1.82) is 0 Å². The summed E-state index contributed by atoms with van der Waals surface area (Å²) in [4.78, 5) is 23.0. The summed E-state index contributed by atoms with van der Waals surface area (Å²) >= 11 is 0. The smallest absolute Gasteiger partial charge is 0.275 e. The van der Waals surface area contributed by atoms with Gasteiger partial charge >= 0.3 is 0 Å². The number of benzene rings is 1. The number of nitrogens with one attached hydrogen (secondary N) is 1. The molecule has 2 aromatic heterocycles. The second-order valence-electron chi connectivity index (χ2n) is 5.60. The molecule has 0 saturated carbocycles. The molecule has 1 N–H and O–H groups in total. The molecule has 0 saturated heterocycles. The van der Waals surface area contributed by atoms with Crippen molar-refractivity contribution in [2.75, 3.05) is 16.8 Å². The maximum absolute atomic E-state index is 12.4. The molecule has 0 radical (unpaired) electrons. The van der Waals surface area contributed by atoms with E-state index in [2.05, 4.69) is 26.5 Å². The molecule has 0 bridgehead atoms. The van der Waals surface area contributed by atoms with Gasteiger partial charge in [0.15, 0.2) is 5.82 Å². The fourth-order valence-electron chi connectivity index (χ4n) is 2.45. The van der Waals surface area contributed by atoms with Gasteiger partial charge in [-0.05, 0) is 44.5 Å². The van der Waals surface area contributed by atoms with Crippen molar-refractivity contribution >= 4 is 23.4 Å². The lowest BCUT2D eigenvalue weighted by Crippen LogP contribution is -2.21. The molecule has 7 nitrogen and oxygen atoms in total. The van der Waals surface area contributed by atoms with Gasteiger partial charge in [0, 0.05) is 24.5 Å². The first-order valence-electron chi connectivity index (χ1n) is 7.98. The van der Waals surface area contributed by atoms with E-state index >= 15 is 0 Å². The molecule has 0 spiro atoms. The molecule has 0 aliphatic rings. The summed E-state index contributed by atoms with van der Waals surface area (Å²) in [5, 5.41) is 6.41. The fraction of sp³-hybridized carbons (Fsp3) is 0.222. The number of aromatic nitrogens is 3. The highest BCUT2D eigenvalue weighted by molar-refractivity contribution is 6.02. The normalized spacial score (nSPS) is 10.5. The van der Waals surface area contributed by atoms with Crippen LogP contribution in [0.5, 0.6) is 0 Å². The summed E-state index contributed by atoms with van der Waals surface area (Å²) in [6, 6.07) is 11.3. The number of aryl methyl sites for hydroxylation is 2. The van der Waals surface area contributed by atoms with Crippen LogP contribution < -0.4 is 10.2 Å². The first kappa shape index (κ1) is 16.6. The van der Waals surface area contributed by atoms with E-state index in [0.29, 0.717) is 24.1 Å². The van der Waals surface area contributed by atoms with E-state index in [1.165, 1.54) is 0 Å². The fourth-order valence-corrected chi connectivity index (χ4v) is 2.45. The Hall–Kier alpha value is -3.22. The molecule has 128 valence electrons. The number of carbonyl (C=O) groups is 1. The molecule has 0 aliphatic carbocycles. The Bertz CT molecular complexity index is 890. The van der Waals surface area contributed by atoms with Crippen LogP contribution in [0.2, 0.25) is 0 Å². The summed E-state index contributed by atoms with van der Waals surface area (Å²) in [5.41, 5.74) is 2.38. The van der Waals surface area contributed by atoms with E-state index in [4.69, 9.17) is 4.52 Å². The maximum Gasteiger partial charge on any atom is 0.275 e. The lowest BCUT2D eigenvalue weighted by molar-refractivity contribution is 0.102. The Labute approximate surface area is 145 Å². The Morgan fingerprint density at radius 3 is 2.76 bits per heavy atom. The van der Waals surface area contributed by atoms with Gasteiger partial charge in [0.05, 0.1) is 0 Å². The zero-order chi connectivity index (χ0) is 17.8. The van der Waals surface area contributed by atoms with Crippen LogP contribution in [0.15, 0.2) is 47.1 Å². The summed E-state index contributed by atoms with van der Waals surface area (Å²) in [7, 11) is 0. The molecule has 0 aliphatic heterocycles.